The molecule has 30 nitrogen and oxygen atoms in total. The lowest BCUT2D eigenvalue weighted by molar-refractivity contribution is -0.121. The first-order valence-corrected chi connectivity index (χ1v) is 26.0. The molecule has 7 N–H and O–H groups in total. The van der Waals surface area contributed by atoms with E-state index in [1.54, 1.807) is 0 Å². The minimum Gasteiger partial charge on any atom is -0.387 e. The number of imide groups is 1. The van der Waals surface area contributed by atoms with Crippen molar-refractivity contribution in [3.05, 3.63) is 53.8 Å². The molecule has 4 aliphatic rings. The lowest BCUT2D eigenvalue weighted by atomic mass is 10.1. The van der Waals surface area contributed by atoms with E-state index in [2.05, 4.69) is 47.1 Å². The molecule has 8 rings (SSSR count). The molecule has 0 aliphatic carbocycles. The third-order valence-electron chi connectivity index (χ3n) is 11.1. The number of amides is 4. The first-order valence-electron chi connectivity index (χ1n) is 22.0. The Morgan fingerprint density at radius 2 is 1.41 bits per heavy atom. The van der Waals surface area contributed by atoms with Gasteiger partial charge in [0.1, 0.15) is 43.0 Å². The van der Waals surface area contributed by atoms with Crippen LogP contribution in [0.4, 0.5) is 16.6 Å². The van der Waals surface area contributed by atoms with Gasteiger partial charge in [0.2, 0.25) is 11.9 Å². The Labute approximate surface area is 402 Å². The summed E-state index contributed by atoms with van der Waals surface area (Å²) in [5.74, 6) is -1.08. The normalized spacial score (nSPS) is 29.0. The summed E-state index contributed by atoms with van der Waals surface area (Å²) in [6.45, 7) is 6.95. The van der Waals surface area contributed by atoms with Crippen LogP contribution in [0.2, 0.25) is 0 Å². The van der Waals surface area contributed by atoms with Gasteiger partial charge < -0.3 is 64.0 Å². The first-order chi connectivity index (χ1) is 34.0. The molecular formula is C39H52N12O18P2. The van der Waals surface area contributed by atoms with Crippen LogP contribution in [-0.2, 0) is 65.2 Å². The van der Waals surface area contributed by atoms with Crippen LogP contribution < -0.4 is 21.9 Å². The number of nitrogens with zero attached hydrogens (tertiary/aromatic N) is 8. The van der Waals surface area contributed by atoms with E-state index in [0.717, 1.165) is 18.2 Å². The van der Waals surface area contributed by atoms with Crippen LogP contribution in [0.25, 0.3) is 22.3 Å². The highest BCUT2D eigenvalue weighted by molar-refractivity contribution is 7.53. The Morgan fingerprint density at radius 1 is 0.803 bits per heavy atom. The lowest BCUT2D eigenvalue weighted by Gasteiger charge is -2.27. The highest BCUT2D eigenvalue weighted by Gasteiger charge is 2.53. The van der Waals surface area contributed by atoms with Gasteiger partial charge in [-0.05, 0) is 6.08 Å². The minimum atomic E-state index is -4.17. The van der Waals surface area contributed by atoms with Crippen molar-refractivity contribution in [3.8, 4) is 0 Å². The molecule has 4 aromatic rings. The van der Waals surface area contributed by atoms with E-state index in [-0.39, 0.29) is 80.1 Å². The number of hydrogen-bond donors (Lipinski definition) is 6. The lowest BCUT2D eigenvalue weighted by Crippen LogP contribution is -2.41. The van der Waals surface area contributed by atoms with Crippen molar-refractivity contribution in [2.75, 3.05) is 97.0 Å². The second-order valence-electron chi connectivity index (χ2n) is 16.2. The summed E-state index contributed by atoms with van der Waals surface area (Å²) in [6, 6.07) is -0.573. The number of fused-ring (bicyclic) bond motifs is 5. The number of carbonyl (C=O) groups excluding carboxylic acids is 3. The summed E-state index contributed by atoms with van der Waals surface area (Å²) >= 11 is 0. The van der Waals surface area contributed by atoms with Crippen molar-refractivity contribution in [3.63, 3.8) is 0 Å². The maximum Gasteiger partial charge on any atom is 0.329 e. The summed E-state index contributed by atoms with van der Waals surface area (Å²) in [6.07, 6.45) is -4.81. The van der Waals surface area contributed by atoms with Gasteiger partial charge in [-0.2, -0.15) is 4.98 Å². The second-order valence-corrected chi connectivity index (χ2v) is 20.2. The van der Waals surface area contributed by atoms with Gasteiger partial charge in [0.05, 0.1) is 85.1 Å². The van der Waals surface area contributed by atoms with Crippen LogP contribution in [0.5, 0.6) is 0 Å². The van der Waals surface area contributed by atoms with Gasteiger partial charge in [-0.3, -0.25) is 46.7 Å². The van der Waals surface area contributed by atoms with E-state index in [1.807, 2.05) is 0 Å². The quantitative estimate of drug-likeness (QED) is 0.0542. The number of nitrogens with two attached hydrogens (primary N) is 1. The maximum absolute atomic E-state index is 14.0. The van der Waals surface area contributed by atoms with Gasteiger partial charge in [-0.15, -0.1) is 0 Å². The van der Waals surface area contributed by atoms with Crippen molar-refractivity contribution in [2.24, 2.45) is 0 Å². The summed E-state index contributed by atoms with van der Waals surface area (Å²) < 4.78 is 87.8. The van der Waals surface area contributed by atoms with E-state index in [0.29, 0.717) is 25.5 Å². The molecule has 0 radical (unpaired) electrons. The number of nitrogen functional groups attached to an aromatic ring is 1. The Kier molecular flexibility index (Phi) is 16.5. The van der Waals surface area contributed by atoms with Crippen LogP contribution in [-0.4, -0.2) is 195 Å². The van der Waals surface area contributed by atoms with Crippen LogP contribution in [0, 0.1) is 0 Å². The molecule has 0 saturated carbocycles. The highest BCUT2D eigenvalue weighted by atomic mass is 31.2. The van der Waals surface area contributed by atoms with Gasteiger partial charge in [0, 0.05) is 31.6 Å². The molecule has 0 aromatic carbocycles. The molecule has 4 aromatic heterocycles. The molecule has 10 atom stereocenters. The van der Waals surface area contributed by atoms with E-state index in [4.69, 9.17) is 52.2 Å². The van der Waals surface area contributed by atoms with Crippen molar-refractivity contribution >= 4 is 67.1 Å². The fourth-order valence-corrected chi connectivity index (χ4v) is 10.0. The van der Waals surface area contributed by atoms with Gasteiger partial charge >= 0.3 is 21.2 Å². The third-order valence-corrected chi connectivity index (χ3v) is 13.5. The van der Waals surface area contributed by atoms with Gasteiger partial charge in [0.15, 0.2) is 40.6 Å². The smallest absolute Gasteiger partial charge is 0.329 e. The number of aromatic amines is 1. The number of aromatic nitrogens is 8. The van der Waals surface area contributed by atoms with Crippen molar-refractivity contribution in [1.29, 1.82) is 0 Å². The molecule has 2 bridgehead atoms. The maximum atomic E-state index is 14.0. The SMILES string of the molecule is C=C1C=CC(=O)N1C(=O)NCCOCCOCCOCCOCCC(=O)Nc1ncnc2c1ncn2[C@@H]1O[C@@H]2COP(C)(=O)OC3[C@@H](COP(C)(=O)O[C@H]1C2O)O[C@@H](n1cnc2c(=O)[nH]c(N)nc21)[C@H]3O. The number of urea groups is 1. The number of H-pyrrole nitrogens is 1. The minimum absolute atomic E-state index is 0.0288. The molecule has 3 saturated heterocycles. The molecule has 32 heteroatoms. The molecular weight excluding hydrogens is 986 g/mol. The third kappa shape index (κ3) is 12.3. The fourth-order valence-electron chi connectivity index (χ4n) is 7.71. The Balaban J connectivity index is 0.792. The number of imidazole rings is 2. The highest BCUT2D eigenvalue weighted by Crippen LogP contribution is 2.54. The number of aliphatic hydroxyl groups excluding tert-OH is 2. The molecule has 4 amide bonds. The monoisotopic (exact) mass is 1040 g/mol. The number of nitrogens with one attached hydrogen (secondary N) is 3. The second kappa shape index (κ2) is 22.6. The summed E-state index contributed by atoms with van der Waals surface area (Å²) in [4.78, 5) is 73.3. The predicted octanol–water partition coefficient (Wildman–Crippen LogP) is -0.462. The average molecular weight is 1040 g/mol. The summed E-state index contributed by atoms with van der Waals surface area (Å²) in [7, 11) is -8.29. The van der Waals surface area contributed by atoms with Crippen LogP contribution in [0.15, 0.2) is 48.2 Å². The molecule has 8 heterocycles. The van der Waals surface area contributed by atoms with Crippen LogP contribution in [0.3, 0.4) is 0 Å². The van der Waals surface area contributed by atoms with Crippen molar-refractivity contribution < 1.29 is 80.2 Å². The number of hydrogen-bond acceptors (Lipinski definition) is 24. The van der Waals surface area contributed by atoms with Gasteiger partial charge in [-0.25, -0.2) is 29.6 Å². The van der Waals surface area contributed by atoms with Crippen molar-refractivity contribution in [2.45, 2.75) is 55.5 Å². The van der Waals surface area contributed by atoms with E-state index < -0.39 is 101 Å². The molecule has 71 heavy (non-hydrogen) atoms. The zero-order valence-corrected chi connectivity index (χ0v) is 40.0. The zero-order valence-electron chi connectivity index (χ0n) is 38.2. The number of allylic oxidation sites excluding steroid dienone is 1. The standard InChI is InChI=1S/C39H52N12O18P2/c1-21-4-5-25(53)51(21)39(57)41-7-9-61-11-13-63-15-14-62-12-10-60-8-6-24(52)46-32-26-33(43-18-42-32)49(19-44-26)37-31-28(54)22(66-37)16-64-70(2,58)68-30-23(17-65-71(3,59)69-31)67-36(29(30)55)50-20-45-27-34(50)47-38(40)48-35(27)56/h4-5,18-20,22-23,28-31,36-37,54-55H,1,6-17H2,2-3H3,(H,41,57)(H3,40,47,48,56)(H,42,43,46,52)/t22-,23-,28?,29+,30?,31+,36-,37-,70?,71?/m1/s1. The number of anilines is 2. The molecule has 4 unspecified atom stereocenters. The van der Waals surface area contributed by atoms with E-state index >= 15 is 0 Å². The topological polar surface area (TPSA) is 379 Å². The van der Waals surface area contributed by atoms with E-state index in [9.17, 15) is 38.5 Å². The Hall–Kier alpha value is -5.43. The number of ether oxygens (including phenoxy) is 6. The van der Waals surface area contributed by atoms with E-state index in [1.165, 1.54) is 40.3 Å². The molecule has 386 valence electrons. The molecule has 4 aliphatic heterocycles. The van der Waals surface area contributed by atoms with Crippen molar-refractivity contribution in [1.82, 2.24) is 49.3 Å². The fraction of sp³-hybridized carbons (Fsp3) is 0.564. The number of aliphatic hydroxyl groups is 2. The van der Waals surface area contributed by atoms with Crippen LogP contribution in [0.1, 0.15) is 18.9 Å². The first kappa shape index (κ1) is 51.9. The Morgan fingerprint density at radius 3 is 2.08 bits per heavy atom. The number of rotatable bonds is 18. The van der Waals surface area contributed by atoms with Gasteiger partial charge in [0.25, 0.3) is 11.5 Å². The largest absolute Gasteiger partial charge is 0.387 e. The molecule has 3 fully saturated rings. The Bertz CT molecular complexity index is 2770. The average Bonchev–Trinajstić information content (AvgIpc) is 4.14. The van der Waals surface area contributed by atoms with Crippen LogP contribution >= 0.6 is 15.2 Å². The zero-order chi connectivity index (χ0) is 50.5. The number of carbonyl (C=O) groups is 3. The molecule has 0 spiro atoms. The van der Waals surface area contributed by atoms with Gasteiger partial charge in [-0.1, -0.05) is 6.58 Å². The summed E-state index contributed by atoms with van der Waals surface area (Å²) in [5, 5.41) is 28.2. The predicted molar refractivity (Wildman–Crippen MR) is 241 cm³/mol. The summed E-state index contributed by atoms with van der Waals surface area (Å²) in [5.41, 5.74) is 5.53.